The summed E-state index contributed by atoms with van der Waals surface area (Å²) in [4.78, 5) is 25.6. The molecule has 0 saturated heterocycles. The second kappa shape index (κ2) is 9.73. The summed E-state index contributed by atoms with van der Waals surface area (Å²) < 4.78 is 25.2. The van der Waals surface area contributed by atoms with Crippen LogP contribution in [-0.2, 0) is 20.2 Å². The molecule has 0 saturated carbocycles. The number of aromatic nitrogens is 2. The van der Waals surface area contributed by atoms with Gasteiger partial charge in [-0.3, -0.25) is 18.9 Å². The van der Waals surface area contributed by atoms with E-state index < -0.39 is 18.8 Å². The molecular formula is C17H27N2O5P. The quantitative estimate of drug-likeness (QED) is 0.532. The van der Waals surface area contributed by atoms with Crippen molar-refractivity contribution in [2.75, 3.05) is 13.2 Å². The average molecular weight is 370 g/mol. The summed E-state index contributed by atoms with van der Waals surface area (Å²) in [5.41, 5.74) is 3.35. The average Bonchev–Trinajstić information content (AvgIpc) is 2.52. The van der Waals surface area contributed by atoms with Crippen LogP contribution in [0, 0.1) is 6.92 Å². The molecule has 1 N–H and O–H groups in total. The largest absolute Gasteiger partial charge is 0.364 e. The highest BCUT2D eigenvalue weighted by molar-refractivity contribution is 7.58. The van der Waals surface area contributed by atoms with Crippen LogP contribution in [-0.4, -0.2) is 22.8 Å². The van der Waals surface area contributed by atoms with Gasteiger partial charge in [-0.25, -0.2) is 4.79 Å². The minimum Gasteiger partial charge on any atom is -0.305 e. The van der Waals surface area contributed by atoms with Gasteiger partial charge in [-0.2, -0.15) is 0 Å². The molecule has 1 aromatic rings. The van der Waals surface area contributed by atoms with E-state index in [1.165, 1.54) is 10.8 Å². The van der Waals surface area contributed by atoms with Gasteiger partial charge in [0, 0.05) is 11.8 Å². The van der Waals surface area contributed by atoms with Crippen molar-refractivity contribution in [1.29, 1.82) is 0 Å². The molecule has 0 aliphatic rings. The van der Waals surface area contributed by atoms with E-state index in [0.717, 1.165) is 6.42 Å². The molecule has 0 atom stereocenters. The van der Waals surface area contributed by atoms with Crippen molar-refractivity contribution in [2.24, 2.45) is 0 Å². The lowest BCUT2D eigenvalue weighted by molar-refractivity contribution is 0.225. The third-order valence-electron chi connectivity index (χ3n) is 3.37. The highest BCUT2D eigenvalue weighted by atomic mass is 31.2. The summed E-state index contributed by atoms with van der Waals surface area (Å²) in [7, 11) is -3.39. The molecule has 8 heteroatoms. The first-order chi connectivity index (χ1) is 11.8. The minimum absolute atomic E-state index is 0.224. The molecule has 0 radical (unpaired) electrons. The molecule has 0 spiro atoms. The predicted molar refractivity (Wildman–Crippen MR) is 98.0 cm³/mol. The van der Waals surface area contributed by atoms with Gasteiger partial charge in [0.1, 0.15) is 0 Å². The molecule has 0 unspecified atom stereocenters. The summed E-state index contributed by atoms with van der Waals surface area (Å²) in [5, 5.41) is 0.477. The number of H-pyrrole nitrogens is 1. The third-order valence-corrected chi connectivity index (χ3v) is 5.56. The van der Waals surface area contributed by atoms with Crippen molar-refractivity contribution in [1.82, 2.24) is 9.55 Å². The number of nitrogens with one attached hydrogen (secondary N) is 1. The van der Waals surface area contributed by atoms with Crippen LogP contribution in [0.3, 0.4) is 0 Å². The van der Waals surface area contributed by atoms with Gasteiger partial charge in [-0.15, -0.1) is 5.73 Å². The minimum atomic E-state index is -3.39. The molecule has 140 valence electrons. The topological polar surface area (TPSA) is 90.4 Å². The summed E-state index contributed by atoms with van der Waals surface area (Å²) in [6.07, 6.45) is 2.78. The first-order valence-corrected chi connectivity index (χ1v) is 9.96. The fourth-order valence-corrected chi connectivity index (χ4v) is 4.21. The number of rotatable bonds is 9. The van der Waals surface area contributed by atoms with Crippen LogP contribution in [0.4, 0.5) is 0 Å². The van der Waals surface area contributed by atoms with E-state index in [1.54, 1.807) is 27.7 Å². The summed E-state index contributed by atoms with van der Waals surface area (Å²) in [6, 6.07) is 0. The van der Waals surface area contributed by atoms with Crippen LogP contribution in [0.15, 0.2) is 32.4 Å². The number of aryl methyl sites for hydroxylation is 1. The molecule has 0 bridgehead atoms. The summed E-state index contributed by atoms with van der Waals surface area (Å²) in [5.74, 6) is 0. The van der Waals surface area contributed by atoms with Gasteiger partial charge < -0.3 is 9.05 Å². The van der Waals surface area contributed by atoms with E-state index in [2.05, 4.69) is 10.7 Å². The number of hydrogen-bond acceptors (Lipinski definition) is 5. The highest BCUT2D eigenvalue weighted by Crippen LogP contribution is 2.57. The van der Waals surface area contributed by atoms with Crippen molar-refractivity contribution in [3.05, 3.63) is 49.2 Å². The highest BCUT2D eigenvalue weighted by Gasteiger charge is 2.28. The molecule has 1 rings (SSSR count). The number of hydrogen-bond donors (Lipinski definition) is 1. The molecule has 0 aliphatic heterocycles. The van der Waals surface area contributed by atoms with Gasteiger partial charge in [-0.1, -0.05) is 13.3 Å². The van der Waals surface area contributed by atoms with Crippen LogP contribution in [0.25, 0.3) is 0 Å². The second-order valence-electron chi connectivity index (χ2n) is 5.63. The molecule has 7 nitrogen and oxygen atoms in total. The Hall–Kier alpha value is -1.65. The van der Waals surface area contributed by atoms with Gasteiger partial charge in [-0.05, 0) is 39.7 Å². The van der Waals surface area contributed by atoms with Crippen LogP contribution < -0.4 is 11.2 Å². The van der Waals surface area contributed by atoms with Crippen LogP contribution in [0.2, 0.25) is 0 Å². The maximum atomic E-state index is 13.0. The van der Waals surface area contributed by atoms with E-state index in [1.807, 2.05) is 6.92 Å². The zero-order valence-electron chi connectivity index (χ0n) is 15.5. The number of allylic oxidation sites excluding steroid dienone is 1. The SMILES string of the molecule is CCCC(=C=C(C)Cn1cc(C)c(=O)[nH]c1=O)P(=O)(OCC)OCC. The lowest BCUT2D eigenvalue weighted by Gasteiger charge is -2.18. The Morgan fingerprint density at radius 2 is 1.84 bits per heavy atom. The zero-order chi connectivity index (χ0) is 19.0. The zero-order valence-corrected chi connectivity index (χ0v) is 16.4. The van der Waals surface area contributed by atoms with Crippen molar-refractivity contribution >= 4 is 7.60 Å². The van der Waals surface area contributed by atoms with Gasteiger partial charge >= 0.3 is 13.3 Å². The number of aromatic amines is 1. The second-order valence-corrected chi connectivity index (χ2v) is 7.69. The van der Waals surface area contributed by atoms with Crippen molar-refractivity contribution in [3.63, 3.8) is 0 Å². The molecule has 1 heterocycles. The Balaban J connectivity index is 3.34. The van der Waals surface area contributed by atoms with Crippen LogP contribution in [0.5, 0.6) is 0 Å². The molecule has 25 heavy (non-hydrogen) atoms. The third kappa shape index (κ3) is 5.98. The maximum Gasteiger partial charge on any atom is 0.364 e. The fraction of sp³-hybridized carbons (Fsp3) is 0.588. The van der Waals surface area contributed by atoms with E-state index in [9.17, 15) is 14.2 Å². The molecule has 1 aromatic heterocycles. The van der Waals surface area contributed by atoms with Crippen molar-refractivity contribution in [2.45, 2.75) is 54.0 Å². The van der Waals surface area contributed by atoms with Gasteiger partial charge in [0.2, 0.25) is 0 Å². The van der Waals surface area contributed by atoms with E-state index in [-0.39, 0.29) is 19.8 Å². The maximum absolute atomic E-state index is 13.0. The molecule has 0 amide bonds. The predicted octanol–water partition coefficient (Wildman–Crippen LogP) is 3.34. The molecule has 0 fully saturated rings. The summed E-state index contributed by atoms with van der Waals surface area (Å²) in [6.45, 7) is 9.66. The Bertz CT molecular complexity index is 805. The van der Waals surface area contributed by atoms with Gasteiger partial charge in [0.05, 0.1) is 25.1 Å². The molecule has 0 aliphatic carbocycles. The summed E-state index contributed by atoms with van der Waals surface area (Å²) >= 11 is 0. The lowest BCUT2D eigenvalue weighted by Crippen LogP contribution is -2.31. The monoisotopic (exact) mass is 370 g/mol. The normalized spacial score (nSPS) is 11.2. The Labute approximate surface area is 147 Å². The lowest BCUT2D eigenvalue weighted by atomic mass is 10.2. The van der Waals surface area contributed by atoms with E-state index in [0.29, 0.717) is 22.9 Å². The Kier molecular flexibility index (Phi) is 8.33. The Morgan fingerprint density at radius 1 is 1.24 bits per heavy atom. The van der Waals surface area contributed by atoms with Crippen LogP contribution in [0.1, 0.15) is 46.1 Å². The Morgan fingerprint density at radius 3 is 2.36 bits per heavy atom. The standard InChI is InChI=1S/C17H27N2O5P/c1-6-9-15(25(22,23-7-2)24-8-3)10-13(4)11-19-12-14(5)16(20)18-17(19)21/h12H,6-9,11H2,1-5H3,(H,18,20,21). The number of nitrogens with zero attached hydrogens (tertiary/aromatic N) is 1. The van der Waals surface area contributed by atoms with Gasteiger partial charge in [0.25, 0.3) is 5.56 Å². The van der Waals surface area contributed by atoms with Crippen molar-refractivity contribution in [3.8, 4) is 0 Å². The van der Waals surface area contributed by atoms with E-state index in [4.69, 9.17) is 9.05 Å². The fourth-order valence-electron chi connectivity index (χ4n) is 2.32. The van der Waals surface area contributed by atoms with Crippen LogP contribution >= 0.6 is 7.60 Å². The first-order valence-electron chi connectivity index (χ1n) is 8.42. The van der Waals surface area contributed by atoms with E-state index >= 15 is 0 Å². The first kappa shape index (κ1) is 21.4. The molecular weight excluding hydrogens is 343 g/mol. The molecule has 0 aromatic carbocycles. The van der Waals surface area contributed by atoms with Gasteiger partial charge in [0.15, 0.2) is 0 Å². The smallest absolute Gasteiger partial charge is 0.305 e. The van der Waals surface area contributed by atoms with Crippen molar-refractivity contribution < 1.29 is 13.6 Å².